The molecule has 0 unspecified atom stereocenters. The second kappa shape index (κ2) is 11.5. The van der Waals surface area contributed by atoms with Gasteiger partial charge >= 0.3 is 0 Å². The molecule has 0 bridgehead atoms. The number of guanidine groups is 1. The maximum absolute atomic E-state index is 5.39. The second-order valence-electron chi connectivity index (χ2n) is 6.63. The van der Waals surface area contributed by atoms with Gasteiger partial charge in [-0.1, -0.05) is 49.3 Å². The molecule has 0 radical (unpaired) electrons. The van der Waals surface area contributed by atoms with Crippen LogP contribution in [0.2, 0.25) is 0 Å². The van der Waals surface area contributed by atoms with E-state index in [1.165, 1.54) is 0 Å². The van der Waals surface area contributed by atoms with E-state index in [0.717, 1.165) is 41.7 Å². The maximum Gasteiger partial charge on any atom is 0.191 e. The van der Waals surface area contributed by atoms with E-state index in [1.54, 1.807) is 6.26 Å². The van der Waals surface area contributed by atoms with E-state index in [4.69, 9.17) is 8.94 Å². The summed E-state index contributed by atoms with van der Waals surface area (Å²) < 4.78 is 10.8. The molecule has 1 aromatic carbocycles. The monoisotopic (exact) mass is 494 g/mol. The van der Waals surface area contributed by atoms with E-state index in [2.05, 4.69) is 46.8 Å². The topological polar surface area (TPSA) is 75.6 Å². The molecule has 3 rings (SSSR count). The van der Waals surface area contributed by atoms with Gasteiger partial charge in [0.05, 0.1) is 25.0 Å². The van der Waals surface area contributed by atoms with E-state index in [0.29, 0.717) is 19.0 Å². The highest BCUT2D eigenvalue weighted by Gasteiger charge is 2.08. The fourth-order valence-electron chi connectivity index (χ4n) is 2.54. The van der Waals surface area contributed by atoms with Gasteiger partial charge in [-0.25, -0.2) is 4.99 Å². The molecule has 6 nitrogen and oxygen atoms in total. The van der Waals surface area contributed by atoms with Crippen LogP contribution in [0.25, 0.3) is 0 Å². The molecular weight excluding hydrogens is 467 g/mol. The molecule has 150 valence electrons. The third-order valence-electron chi connectivity index (χ3n) is 4.11. The lowest BCUT2D eigenvalue weighted by molar-refractivity contribution is 0.372. The number of nitrogens with zero attached hydrogens (tertiary/aromatic N) is 2. The van der Waals surface area contributed by atoms with Crippen molar-refractivity contribution in [2.45, 2.75) is 39.3 Å². The fraction of sp³-hybridized carbons (Fsp3) is 0.333. The first-order valence-corrected chi connectivity index (χ1v) is 9.24. The number of rotatable bonds is 8. The Morgan fingerprint density at radius 2 is 1.89 bits per heavy atom. The lowest BCUT2D eigenvalue weighted by Crippen LogP contribution is -2.38. The third-order valence-corrected chi connectivity index (χ3v) is 4.11. The zero-order valence-corrected chi connectivity index (χ0v) is 18.6. The molecule has 2 aromatic heterocycles. The molecule has 3 aromatic rings. The predicted octanol–water partition coefficient (Wildman–Crippen LogP) is 4.49. The molecule has 0 amide bonds. The Balaban J connectivity index is 0.00000280. The van der Waals surface area contributed by atoms with Crippen LogP contribution >= 0.6 is 24.0 Å². The highest BCUT2D eigenvalue weighted by atomic mass is 127. The van der Waals surface area contributed by atoms with Crippen molar-refractivity contribution < 1.29 is 8.94 Å². The van der Waals surface area contributed by atoms with Crippen molar-refractivity contribution >= 4 is 29.9 Å². The van der Waals surface area contributed by atoms with Gasteiger partial charge in [0, 0.05) is 19.0 Å². The first-order valence-electron chi connectivity index (χ1n) is 9.24. The van der Waals surface area contributed by atoms with Crippen molar-refractivity contribution in [2.75, 3.05) is 6.54 Å². The zero-order chi connectivity index (χ0) is 18.9. The Hall–Kier alpha value is -2.29. The largest absolute Gasteiger partial charge is 0.469 e. The Morgan fingerprint density at radius 3 is 2.57 bits per heavy atom. The van der Waals surface area contributed by atoms with Crippen molar-refractivity contribution in [3.63, 3.8) is 0 Å². The van der Waals surface area contributed by atoms with E-state index in [9.17, 15) is 0 Å². The SMILES string of the molecule is CC(C)c1cc(CNC(=NCc2ccccc2)NCCc2ccco2)on1.I. The summed E-state index contributed by atoms with van der Waals surface area (Å²) in [7, 11) is 0. The van der Waals surface area contributed by atoms with Gasteiger partial charge in [0.2, 0.25) is 0 Å². The molecule has 0 atom stereocenters. The molecule has 0 aliphatic rings. The summed E-state index contributed by atoms with van der Waals surface area (Å²) in [5.41, 5.74) is 2.12. The van der Waals surface area contributed by atoms with Gasteiger partial charge in [-0.15, -0.1) is 24.0 Å². The van der Waals surface area contributed by atoms with Crippen molar-refractivity contribution in [1.82, 2.24) is 15.8 Å². The van der Waals surface area contributed by atoms with Gasteiger partial charge in [-0.2, -0.15) is 0 Å². The Morgan fingerprint density at radius 1 is 1.07 bits per heavy atom. The van der Waals surface area contributed by atoms with E-state index < -0.39 is 0 Å². The number of aliphatic imine (C=N–C) groups is 1. The van der Waals surface area contributed by atoms with Crippen molar-refractivity contribution in [3.05, 3.63) is 77.6 Å². The Bertz CT molecular complexity index is 829. The lowest BCUT2D eigenvalue weighted by Gasteiger charge is -2.11. The third kappa shape index (κ3) is 7.03. The minimum Gasteiger partial charge on any atom is -0.469 e. The molecular formula is C21H27IN4O2. The van der Waals surface area contributed by atoms with Gasteiger partial charge < -0.3 is 19.6 Å². The van der Waals surface area contributed by atoms with Gasteiger partial charge in [0.25, 0.3) is 0 Å². The summed E-state index contributed by atoms with van der Waals surface area (Å²) in [4.78, 5) is 4.67. The van der Waals surface area contributed by atoms with E-state index in [1.807, 2.05) is 36.4 Å². The number of hydrogen-bond acceptors (Lipinski definition) is 4. The van der Waals surface area contributed by atoms with E-state index >= 15 is 0 Å². The lowest BCUT2D eigenvalue weighted by atomic mass is 10.1. The van der Waals surface area contributed by atoms with Crippen LogP contribution in [-0.4, -0.2) is 17.7 Å². The molecule has 0 spiro atoms. The summed E-state index contributed by atoms with van der Waals surface area (Å²) in [6.07, 6.45) is 2.48. The van der Waals surface area contributed by atoms with Crippen molar-refractivity contribution in [3.8, 4) is 0 Å². The minimum absolute atomic E-state index is 0. The molecule has 2 heterocycles. The highest BCUT2D eigenvalue weighted by Crippen LogP contribution is 2.13. The quantitative estimate of drug-likeness (QED) is 0.274. The minimum atomic E-state index is 0. The number of nitrogens with one attached hydrogen (secondary N) is 2. The van der Waals surface area contributed by atoms with E-state index in [-0.39, 0.29) is 24.0 Å². The molecule has 7 heteroatoms. The predicted molar refractivity (Wildman–Crippen MR) is 121 cm³/mol. The van der Waals surface area contributed by atoms with Crippen LogP contribution < -0.4 is 10.6 Å². The average molecular weight is 494 g/mol. The first kappa shape index (κ1) is 22.0. The summed E-state index contributed by atoms with van der Waals surface area (Å²) >= 11 is 0. The maximum atomic E-state index is 5.39. The normalized spacial score (nSPS) is 11.3. The molecule has 28 heavy (non-hydrogen) atoms. The second-order valence-corrected chi connectivity index (χ2v) is 6.63. The zero-order valence-electron chi connectivity index (χ0n) is 16.2. The number of halogens is 1. The van der Waals surface area contributed by atoms with Crippen molar-refractivity contribution in [1.29, 1.82) is 0 Å². The van der Waals surface area contributed by atoms with Crippen molar-refractivity contribution in [2.24, 2.45) is 4.99 Å². The number of hydrogen-bond donors (Lipinski definition) is 2. The van der Waals surface area contributed by atoms with Crippen LogP contribution in [0.4, 0.5) is 0 Å². The summed E-state index contributed by atoms with van der Waals surface area (Å²) in [5.74, 6) is 2.81. The molecule has 2 N–H and O–H groups in total. The smallest absolute Gasteiger partial charge is 0.191 e. The van der Waals surface area contributed by atoms with Crippen LogP contribution in [0, 0.1) is 0 Å². The van der Waals surface area contributed by atoms with Crippen LogP contribution in [-0.2, 0) is 19.5 Å². The Labute approximate surface area is 182 Å². The first-order chi connectivity index (χ1) is 13.2. The molecule has 0 aliphatic heterocycles. The number of aromatic nitrogens is 1. The highest BCUT2D eigenvalue weighted by molar-refractivity contribution is 14.0. The summed E-state index contributed by atoms with van der Waals surface area (Å²) in [5, 5.41) is 10.8. The summed E-state index contributed by atoms with van der Waals surface area (Å²) in [6.45, 7) is 6.05. The van der Waals surface area contributed by atoms with Crippen LogP contribution in [0.5, 0.6) is 0 Å². The number of furan rings is 1. The van der Waals surface area contributed by atoms with Gasteiger partial charge in [0.1, 0.15) is 5.76 Å². The number of benzene rings is 1. The molecule has 0 aliphatic carbocycles. The molecule has 0 saturated carbocycles. The Kier molecular flexibility index (Phi) is 9.06. The van der Waals surface area contributed by atoms with Crippen LogP contribution in [0.3, 0.4) is 0 Å². The van der Waals surface area contributed by atoms with Gasteiger partial charge in [-0.05, 0) is 23.6 Å². The van der Waals surface area contributed by atoms with Crippen LogP contribution in [0.15, 0.2) is 68.7 Å². The average Bonchev–Trinajstić information content (AvgIpc) is 3.36. The molecule has 0 fully saturated rings. The van der Waals surface area contributed by atoms with Crippen LogP contribution in [0.1, 0.15) is 42.5 Å². The fourth-order valence-corrected chi connectivity index (χ4v) is 2.54. The standard InChI is InChI=1S/C21H26N4O2.HI/c1-16(2)20-13-19(27-25-20)15-24-21(22-11-10-18-9-6-12-26-18)23-14-17-7-4-3-5-8-17;/h3-9,12-13,16H,10-11,14-15H2,1-2H3,(H2,22,23,24);1H. The molecule has 0 saturated heterocycles. The van der Waals surface area contributed by atoms with Gasteiger partial charge in [-0.3, -0.25) is 0 Å². The summed E-state index contributed by atoms with van der Waals surface area (Å²) in [6, 6.07) is 16.0. The van der Waals surface area contributed by atoms with Gasteiger partial charge in [0.15, 0.2) is 11.7 Å².